The zero-order valence-corrected chi connectivity index (χ0v) is 22.1. The third-order valence-corrected chi connectivity index (χ3v) is 8.25. The van der Waals surface area contributed by atoms with Gasteiger partial charge in [0, 0.05) is 15.0 Å². The fraction of sp³-hybridized carbons (Fsp3) is 0.571. The second-order valence-electron chi connectivity index (χ2n) is 9.74. The number of nitrogens with one attached hydrogen (secondary N) is 1. The zero-order chi connectivity index (χ0) is 20.8. The molecule has 2 unspecified atom stereocenters. The van der Waals surface area contributed by atoms with E-state index < -0.39 is 0 Å². The van der Waals surface area contributed by atoms with Crippen molar-refractivity contribution in [3.63, 3.8) is 0 Å². The Morgan fingerprint density at radius 3 is 2.10 bits per heavy atom. The second-order valence-corrected chi connectivity index (χ2v) is 11.0. The molecule has 1 N–H and O–H groups in total. The van der Waals surface area contributed by atoms with Gasteiger partial charge in [-0.25, -0.2) is 0 Å². The van der Waals surface area contributed by atoms with E-state index in [1.807, 2.05) is 0 Å². The number of halogens is 2. The summed E-state index contributed by atoms with van der Waals surface area (Å²) in [6, 6.07) is 16.9. The largest absolute Gasteiger partial charge is 0.313 e. The van der Waals surface area contributed by atoms with Crippen LogP contribution in [-0.2, 0) is 18.3 Å². The van der Waals surface area contributed by atoms with Gasteiger partial charge in [0.05, 0.1) is 0 Å². The summed E-state index contributed by atoms with van der Waals surface area (Å²) in [6.07, 6.45) is 16.9. The van der Waals surface area contributed by atoms with Crippen molar-refractivity contribution in [1.82, 2.24) is 5.32 Å². The van der Waals surface area contributed by atoms with Crippen molar-refractivity contribution < 1.29 is 0 Å². The molecule has 6 rings (SSSR count). The third-order valence-electron chi connectivity index (χ3n) is 7.58. The van der Waals surface area contributed by atoms with E-state index in [2.05, 4.69) is 77.3 Å². The van der Waals surface area contributed by atoms with E-state index in [0.29, 0.717) is 11.5 Å². The van der Waals surface area contributed by atoms with Gasteiger partial charge in [-0.1, -0.05) is 87.3 Å². The lowest BCUT2D eigenvalue weighted by molar-refractivity contribution is 0.326. The molecule has 2 aromatic rings. The van der Waals surface area contributed by atoms with Crippen LogP contribution in [0.5, 0.6) is 0 Å². The molecule has 0 radical (unpaired) electrons. The van der Waals surface area contributed by atoms with Crippen LogP contribution in [0.25, 0.3) is 0 Å². The molecule has 0 bridgehead atoms. The quantitative estimate of drug-likeness (QED) is 0.374. The molecule has 31 heavy (non-hydrogen) atoms. The number of hydrogen-bond donors (Lipinski definition) is 1. The summed E-state index contributed by atoms with van der Waals surface area (Å²) < 4.78 is 1.37. The Morgan fingerprint density at radius 1 is 0.903 bits per heavy atom. The summed E-state index contributed by atoms with van der Waals surface area (Å²) in [4.78, 5) is 0. The molecule has 1 aliphatic heterocycles. The van der Waals surface area contributed by atoms with Gasteiger partial charge in [0.1, 0.15) is 0 Å². The number of fused-ring (bicyclic) bond motifs is 3. The lowest BCUT2D eigenvalue weighted by Crippen LogP contribution is -2.45. The molecule has 2 aromatic carbocycles. The van der Waals surface area contributed by atoms with E-state index in [-0.39, 0.29) is 12.4 Å². The summed E-state index contributed by atoms with van der Waals surface area (Å²) in [5, 5.41) is 3.78. The van der Waals surface area contributed by atoms with Crippen molar-refractivity contribution in [2.45, 2.75) is 95.4 Å². The van der Waals surface area contributed by atoms with Crippen LogP contribution in [0.3, 0.4) is 0 Å². The number of hydrogen-bond acceptors (Lipinski definition) is 1. The lowest BCUT2D eigenvalue weighted by Gasteiger charge is -2.41. The van der Waals surface area contributed by atoms with Crippen molar-refractivity contribution in [1.29, 1.82) is 0 Å². The van der Waals surface area contributed by atoms with Crippen LogP contribution in [0.15, 0.2) is 42.5 Å². The molecule has 0 aromatic heterocycles. The molecule has 1 heterocycles. The van der Waals surface area contributed by atoms with E-state index in [1.165, 1.54) is 91.7 Å². The van der Waals surface area contributed by atoms with Gasteiger partial charge in [-0.3, -0.25) is 0 Å². The topological polar surface area (TPSA) is 12.0 Å². The van der Waals surface area contributed by atoms with Crippen molar-refractivity contribution in [3.05, 3.63) is 68.3 Å². The van der Waals surface area contributed by atoms with Crippen LogP contribution in [0.4, 0.5) is 0 Å². The summed E-state index contributed by atoms with van der Waals surface area (Å²) in [5.41, 5.74) is 6.31. The van der Waals surface area contributed by atoms with E-state index >= 15 is 0 Å². The van der Waals surface area contributed by atoms with Crippen LogP contribution >= 0.6 is 35.0 Å². The van der Waals surface area contributed by atoms with E-state index in [1.54, 1.807) is 11.1 Å². The molecule has 3 aliphatic carbocycles. The number of rotatable bonds is 2. The van der Waals surface area contributed by atoms with Crippen LogP contribution in [0.2, 0.25) is 0 Å². The Balaban J connectivity index is 0.000000254. The monoisotopic (exact) mass is 551 g/mol. The first-order valence-electron chi connectivity index (χ1n) is 12.3. The predicted molar refractivity (Wildman–Crippen MR) is 145 cm³/mol. The first-order chi connectivity index (χ1) is 14.7. The molecule has 2 saturated carbocycles. The van der Waals surface area contributed by atoms with Gasteiger partial charge in [0.15, 0.2) is 0 Å². The van der Waals surface area contributed by atoms with Gasteiger partial charge in [0.25, 0.3) is 0 Å². The first kappa shape index (κ1) is 25.1. The Labute approximate surface area is 209 Å². The fourth-order valence-corrected chi connectivity index (χ4v) is 5.53. The lowest BCUT2D eigenvalue weighted by atomic mass is 9.64. The van der Waals surface area contributed by atoms with Gasteiger partial charge < -0.3 is 5.32 Å². The minimum absolute atomic E-state index is 0. The average Bonchev–Trinajstić information content (AvgIpc) is 3.04. The van der Waals surface area contributed by atoms with Crippen molar-refractivity contribution >= 4 is 35.0 Å². The van der Waals surface area contributed by atoms with Crippen molar-refractivity contribution in [2.75, 3.05) is 6.54 Å². The van der Waals surface area contributed by atoms with Gasteiger partial charge in [0.2, 0.25) is 0 Å². The highest BCUT2D eigenvalue weighted by Crippen LogP contribution is 2.45. The minimum atomic E-state index is 0. The summed E-state index contributed by atoms with van der Waals surface area (Å²) >= 11 is 2.44. The Bertz CT molecular complexity index is 794. The molecular formula is C28H39ClIN. The van der Waals surface area contributed by atoms with Gasteiger partial charge in [-0.15, -0.1) is 12.4 Å². The van der Waals surface area contributed by atoms with E-state index in [0.717, 1.165) is 6.54 Å². The molecule has 0 spiro atoms. The molecular weight excluding hydrogens is 513 g/mol. The highest BCUT2D eigenvalue weighted by molar-refractivity contribution is 14.1. The molecule has 0 amide bonds. The maximum Gasteiger partial charge on any atom is 0.0171 e. The van der Waals surface area contributed by atoms with Gasteiger partial charge >= 0.3 is 0 Å². The minimum Gasteiger partial charge on any atom is -0.313 e. The zero-order valence-electron chi connectivity index (χ0n) is 19.1. The first-order valence-corrected chi connectivity index (χ1v) is 13.3. The maximum atomic E-state index is 3.78. The highest BCUT2D eigenvalue weighted by atomic mass is 127. The Kier molecular flexibility index (Phi) is 9.73. The Hall–Kier alpha value is -0.580. The highest BCUT2D eigenvalue weighted by Gasteiger charge is 2.47. The predicted octanol–water partition coefficient (Wildman–Crippen LogP) is 7.93. The van der Waals surface area contributed by atoms with Gasteiger partial charge in [-0.05, 0) is 90.6 Å². The number of aryl methyl sites for hydroxylation is 2. The van der Waals surface area contributed by atoms with Crippen LogP contribution in [-0.4, -0.2) is 12.6 Å². The molecule has 2 atom stereocenters. The van der Waals surface area contributed by atoms with Crippen molar-refractivity contribution in [3.8, 4) is 0 Å². The Morgan fingerprint density at radius 2 is 1.52 bits per heavy atom. The SMILES string of the molecule is C1CCC1.C1CCC1.Cc1ccc(CC23CCNC2CCc2cc(I)ccc23)cc1.Cl. The fourth-order valence-electron chi connectivity index (χ4n) is 4.97. The van der Waals surface area contributed by atoms with Gasteiger partial charge in [-0.2, -0.15) is 0 Å². The molecule has 4 aliphatic rings. The standard InChI is InChI=1S/C20H22IN.2C4H8.ClH/c1-14-2-4-15(5-3-14)13-20-10-11-22-19(20)9-6-16-12-17(21)7-8-18(16)20;2*1-2-4-3-1;/h2-5,7-8,12,19,22H,6,9-11,13H2,1H3;2*1-4H2;1H. The van der Waals surface area contributed by atoms with E-state index in [9.17, 15) is 0 Å². The molecule has 170 valence electrons. The van der Waals surface area contributed by atoms with E-state index in [4.69, 9.17) is 0 Å². The van der Waals surface area contributed by atoms with Crippen LogP contribution < -0.4 is 5.32 Å². The third kappa shape index (κ3) is 6.26. The molecule has 1 nitrogen and oxygen atoms in total. The van der Waals surface area contributed by atoms with Crippen LogP contribution in [0.1, 0.15) is 86.5 Å². The molecule has 3 fully saturated rings. The second kappa shape index (κ2) is 12.0. The summed E-state index contributed by atoms with van der Waals surface area (Å²) in [6.45, 7) is 3.32. The maximum absolute atomic E-state index is 3.78. The number of benzene rings is 2. The normalized spacial score (nSPS) is 25.0. The smallest absolute Gasteiger partial charge is 0.0171 e. The van der Waals surface area contributed by atoms with Crippen molar-refractivity contribution in [2.24, 2.45) is 0 Å². The summed E-state index contributed by atoms with van der Waals surface area (Å²) in [5.74, 6) is 0. The average molecular weight is 552 g/mol. The summed E-state index contributed by atoms with van der Waals surface area (Å²) in [7, 11) is 0. The molecule has 1 saturated heterocycles. The van der Waals surface area contributed by atoms with Crippen LogP contribution in [0, 0.1) is 10.5 Å². The molecule has 3 heteroatoms.